The van der Waals surface area contributed by atoms with Gasteiger partial charge in [0, 0.05) is 37.4 Å². The molecule has 32 heavy (non-hydrogen) atoms. The SMILES string of the molecule is O=C1CC[C@H](C[C@@H](C(=O)Cc2cnccn2)c2ccc(S(=O)(=O)C3CC3)c(C3CC3)c2)C1. The number of rotatable bonds is 9. The summed E-state index contributed by atoms with van der Waals surface area (Å²) in [6.45, 7) is 0. The van der Waals surface area contributed by atoms with Gasteiger partial charge in [0.1, 0.15) is 11.6 Å². The van der Waals surface area contributed by atoms with Crippen molar-refractivity contribution in [1.82, 2.24) is 9.97 Å². The molecule has 0 radical (unpaired) electrons. The maximum atomic E-state index is 13.4. The summed E-state index contributed by atoms with van der Waals surface area (Å²) >= 11 is 0. The van der Waals surface area contributed by atoms with Crippen LogP contribution < -0.4 is 0 Å². The first-order chi connectivity index (χ1) is 15.4. The van der Waals surface area contributed by atoms with Gasteiger partial charge in [-0.25, -0.2) is 8.42 Å². The van der Waals surface area contributed by atoms with Crippen LogP contribution in [0.3, 0.4) is 0 Å². The maximum absolute atomic E-state index is 13.4. The summed E-state index contributed by atoms with van der Waals surface area (Å²) in [6, 6.07) is 5.54. The Bertz CT molecular complexity index is 1140. The molecule has 7 heteroatoms. The van der Waals surface area contributed by atoms with Crippen LogP contribution in [0, 0.1) is 5.92 Å². The van der Waals surface area contributed by atoms with Gasteiger partial charge >= 0.3 is 0 Å². The van der Waals surface area contributed by atoms with Crippen molar-refractivity contribution in [2.24, 2.45) is 5.92 Å². The van der Waals surface area contributed by atoms with E-state index in [1.54, 1.807) is 24.7 Å². The molecule has 0 spiro atoms. The summed E-state index contributed by atoms with van der Waals surface area (Å²) in [7, 11) is -3.29. The van der Waals surface area contributed by atoms with Crippen molar-refractivity contribution in [3.63, 3.8) is 0 Å². The van der Waals surface area contributed by atoms with Crippen LogP contribution in [0.25, 0.3) is 0 Å². The lowest BCUT2D eigenvalue weighted by Crippen LogP contribution is -2.19. The largest absolute Gasteiger partial charge is 0.300 e. The normalized spacial score (nSPS) is 22.1. The van der Waals surface area contributed by atoms with Gasteiger partial charge in [-0.15, -0.1) is 0 Å². The van der Waals surface area contributed by atoms with Gasteiger partial charge < -0.3 is 0 Å². The average Bonchev–Trinajstić information content (AvgIpc) is 3.69. The number of carbonyl (C=O) groups is 2. The summed E-state index contributed by atoms with van der Waals surface area (Å²) in [5.74, 6) is 0.395. The van der Waals surface area contributed by atoms with E-state index in [0.29, 0.717) is 29.9 Å². The van der Waals surface area contributed by atoms with Gasteiger partial charge in [0.15, 0.2) is 9.84 Å². The molecule has 0 unspecified atom stereocenters. The van der Waals surface area contributed by atoms with Crippen LogP contribution in [0.15, 0.2) is 41.7 Å². The number of ketones is 2. The van der Waals surface area contributed by atoms with E-state index >= 15 is 0 Å². The van der Waals surface area contributed by atoms with Crippen molar-refractivity contribution >= 4 is 21.4 Å². The molecule has 0 bridgehead atoms. The zero-order chi connectivity index (χ0) is 22.3. The smallest absolute Gasteiger partial charge is 0.181 e. The van der Waals surface area contributed by atoms with Crippen LogP contribution >= 0.6 is 0 Å². The lowest BCUT2D eigenvalue weighted by atomic mass is 9.83. The lowest BCUT2D eigenvalue weighted by Gasteiger charge is -2.21. The first-order valence-electron chi connectivity index (χ1n) is 11.6. The topological polar surface area (TPSA) is 94.1 Å². The van der Waals surface area contributed by atoms with Crippen LogP contribution in [0.2, 0.25) is 0 Å². The van der Waals surface area contributed by atoms with E-state index in [2.05, 4.69) is 9.97 Å². The molecular formula is C25H28N2O4S. The highest BCUT2D eigenvalue weighted by molar-refractivity contribution is 7.92. The molecule has 2 atom stereocenters. The van der Waals surface area contributed by atoms with Crippen LogP contribution in [-0.4, -0.2) is 35.2 Å². The van der Waals surface area contributed by atoms with E-state index < -0.39 is 9.84 Å². The van der Waals surface area contributed by atoms with E-state index in [0.717, 1.165) is 43.2 Å². The fourth-order valence-corrected chi connectivity index (χ4v) is 6.84. The van der Waals surface area contributed by atoms with Crippen molar-refractivity contribution in [2.75, 3.05) is 0 Å². The van der Waals surface area contributed by atoms with E-state index in [9.17, 15) is 18.0 Å². The quantitative estimate of drug-likeness (QED) is 0.572. The fourth-order valence-electron chi connectivity index (χ4n) is 4.92. The minimum Gasteiger partial charge on any atom is -0.300 e. The minimum atomic E-state index is -3.29. The molecule has 0 saturated heterocycles. The molecule has 5 rings (SSSR count). The first-order valence-corrected chi connectivity index (χ1v) is 13.1. The Kier molecular flexibility index (Phi) is 5.70. The van der Waals surface area contributed by atoms with E-state index in [1.165, 1.54) is 0 Å². The van der Waals surface area contributed by atoms with E-state index in [-0.39, 0.29) is 41.0 Å². The average molecular weight is 453 g/mol. The van der Waals surface area contributed by atoms with Crippen LogP contribution in [0.4, 0.5) is 0 Å². The third-order valence-corrected chi connectivity index (χ3v) is 9.33. The highest BCUT2D eigenvalue weighted by Gasteiger charge is 2.41. The van der Waals surface area contributed by atoms with Gasteiger partial charge in [-0.2, -0.15) is 0 Å². The van der Waals surface area contributed by atoms with E-state index in [1.807, 2.05) is 12.1 Å². The van der Waals surface area contributed by atoms with Gasteiger partial charge in [-0.3, -0.25) is 19.6 Å². The monoisotopic (exact) mass is 452 g/mol. The molecule has 1 aromatic carbocycles. The predicted octanol–water partition coefficient (Wildman–Crippen LogP) is 3.94. The Hall–Kier alpha value is -2.41. The third kappa shape index (κ3) is 4.53. The molecule has 0 amide bonds. The number of hydrogen-bond acceptors (Lipinski definition) is 6. The van der Waals surface area contributed by atoms with Gasteiger partial charge in [0.25, 0.3) is 0 Å². The number of benzene rings is 1. The molecule has 0 aliphatic heterocycles. The predicted molar refractivity (Wildman–Crippen MR) is 119 cm³/mol. The van der Waals surface area contributed by atoms with Crippen molar-refractivity contribution in [3.05, 3.63) is 53.6 Å². The molecule has 1 aromatic heterocycles. The van der Waals surface area contributed by atoms with Crippen molar-refractivity contribution in [2.45, 2.75) is 79.8 Å². The zero-order valence-corrected chi connectivity index (χ0v) is 18.9. The Balaban J connectivity index is 1.48. The number of sulfone groups is 1. The molecule has 168 valence electrons. The number of nitrogens with zero attached hydrogens (tertiary/aromatic N) is 2. The molecule has 1 heterocycles. The highest BCUT2D eigenvalue weighted by Crippen LogP contribution is 2.47. The molecule has 2 aromatic rings. The molecule has 6 nitrogen and oxygen atoms in total. The molecule has 0 N–H and O–H groups in total. The Morgan fingerprint density at radius 3 is 2.53 bits per heavy atom. The van der Waals surface area contributed by atoms with Gasteiger partial charge in [0.2, 0.25) is 0 Å². The van der Waals surface area contributed by atoms with E-state index in [4.69, 9.17) is 0 Å². The minimum absolute atomic E-state index is 0.0457. The van der Waals surface area contributed by atoms with Gasteiger partial charge in [-0.1, -0.05) is 12.1 Å². The second-order valence-corrected chi connectivity index (χ2v) is 11.8. The van der Waals surface area contributed by atoms with Crippen molar-refractivity contribution < 1.29 is 18.0 Å². The summed E-state index contributed by atoms with van der Waals surface area (Å²) in [4.78, 5) is 34.0. The summed E-state index contributed by atoms with van der Waals surface area (Å²) < 4.78 is 26.0. The number of Topliss-reactive ketones (excluding diaryl/α,β-unsaturated/α-hetero) is 2. The summed E-state index contributed by atoms with van der Waals surface area (Å²) in [6.07, 6.45) is 11.0. The number of carbonyl (C=O) groups excluding carboxylic acids is 2. The third-order valence-electron chi connectivity index (χ3n) is 7.00. The molecule has 3 aliphatic carbocycles. The Labute approximate surface area is 188 Å². The lowest BCUT2D eigenvalue weighted by molar-refractivity contribution is -0.121. The first kappa shape index (κ1) is 21.4. The van der Waals surface area contributed by atoms with Crippen LogP contribution in [-0.2, 0) is 25.8 Å². The van der Waals surface area contributed by atoms with Crippen molar-refractivity contribution in [1.29, 1.82) is 0 Å². The van der Waals surface area contributed by atoms with Gasteiger partial charge in [-0.05, 0) is 67.6 Å². The highest BCUT2D eigenvalue weighted by atomic mass is 32.2. The summed E-state index contributed by atoms with van der Waals surface area (Å²) in [5.41, 5.74) is 2.38. The van der Waals surface area contributed by atoms with Crippen LogP contribution in [0.1, 0.15) is 80.0 Å². The number of aromatic nitrogens is 2. The number of hydrogen-bond donors (Lipinski definition) is 0. The zero-order valence-electron chi connectivity index (χ0n) is 18.1. The Morgan fingerprint density at radius 1 is 1.09 bits per heavy atom. The van der Waals surface area contributed by atoms with Crippen LogP contribution in [0.5, 0.6) is 0 Å². The molecular weight excluding hydrogens is 424 g/mol. The standard InChI is InChI=1S/C25H28N2O4S/c28-20-5-1-16(11-20)12-22(24(29)14-19-15-26-9-10-27-19)18-4-8-25(23(13-18)17-2-3-17)32(30,31)21-6-7-21/h4,8-10,13,15-17,21-22H,1-3,5-7,11-12,14H2/t16-,22+/m0/s1. The fraction of sp³-hybridized carbons (Fsp3) is 0.520. The maximum Gasteiger partial charge on any atom is 0.181 e. The second kappa shape index (κ2) is 8.50. The molecule has 3 fully saturated rings. The summed E-state index contributed by atoms with van der Waals surface area (Å²) in [5, 5.41) is -0.246. The molecule has 3 saturated carbocycles. The van der Waals surface area contributed by atoms with Gasteiger partial charge in [0.05, 0.1) is 22.3 Å². The second-order valence-electron chi connectivity index (χ2n) is 9.59. The molecule has 3 aliphatic rings. The Morgan fingerprint density at radius 2 is 1.91 bits per heavy atom. The van der Waals surface area contributed by atoms with Crippen molar-refractivity contribution in [3.8, 4) is 0 Å².